The zero-order valence-corrected chi connectivity index (χ0v) is 12.5. The smallest absolute Gasteiger partial charge is 0.282 e. The number of likely N-dealkylation sites (tertiary alicyclic amines) is 1. The molecule has 7 heteroatoms. The molecule has 6 nitrogen and oxygen atoms in total. The lowest BCUT2D eigenvalue weighted by Gasteiger charge is -2.24. The number of halogens is 1. The Morgan fingerprint density at radius 2 is 2.29 bits per heavy atom. The highest BCUT2D eigenvalue weighted by Gasteiger charge is 2.37. The van der Waals surface area contributed by atoms with Crippen LogP contribution in [-0.2, 0) is 16.1 Å². The minimum absolute atomic E-state index is 0.0863. The first-order valence-electron chi connectivity index (χ1n) is 6.88. The third kappa shape index (κ3) is 3.41. The average molecular weight is 296 g/mol. The summed E-state index contributed by atoms with van der Waals surface area (Å²) < 4.78 is 20.9. The van der Waals surface area contributed by atoms with Gasteiger partial charge in [-0.3, -0.25) is 9.48 Å². The van der Waals surface area contributed by atoms with Crippen molar-refractivity contribution in [2.45, 2.75) is 39.0 Å². The largest absolute Gasteiger partial charge is 0.382 e. The monoisotopic (exact) mass is 296 g/mol. The molecule has 0 bridgehead atoms. The van der Waals surface area contributed by atoms with E-state index in [0.717, 1.165) is 0 Å². The summed E-state index contributed by atoms with van der Waals surface area (Å²) in [5.41, 5.74) is 5.96. The normalized spacial score (nSPS) is 21.6. The number of nitrogen functional groups attached to an aromatic ring is 1. The molecule has 2 rings (SSSR count). The van der Waals surface area contributed by atoms with Crippen molar-refractivity contribution in [1.29, 1.82) is 0 Å². The lowest BCUT2D eigenvalue weighted by Crippen LogP contribution is -2.39. The maximum Gasteiger partial charge on any atom is 0.282 e. The highest BCUT2D eigenvalue weighted by Crippen LogP contribution is 2.24. The van der Waals surface area contributed by atoms with Crippen LogP contribution in [-0.4, -0.2) is 46.4 Å². The van der Waals surface area contributed by atoms with Gasteiger partial charge in [0.1, 0.15) is 5.82 Å². The van der Waals surface area contributed by atoms with Gasteiger partial charge in [0.25, 0.3) is 5.91 Å². The van der Waals surface area contributed by atoms with E-state index in [2.05, 4.69) is 5.10 Å². The SMILES string of the molecule is CO[C@H]1C[C@@H](Cn2ccc(N)n2)N(C(=O)C(F)=C(C)C)C1. The van der Waals surface area contributed by atoms with Crippen molar-refractivity contribution < 1.29 is 13.9 Å². The molecule has 1 aliphatic heterocycles. The molecule has 0 saturated carbocycles. The third-order valence-electron chi connectivity index (χ3n) is 3.66. The topological polar surface area (TPSA) is 73.4 Å². The summed E-state index contributed by atoms with van der Waals surface area (Å²) in [7, 11) is 1.60. The second kappa shape index (κ2) is 6.26. The van der Waals surface area contributed by atoms with Gasteiger partial charge in [0.15, 0.2) is 5.83 Å². The molecule has 2 atom stereocenters. The molecule has 0 spiro atoms. The number of methoxy groups -OCH3 is 1. The summed E-state index contributed by atoms with van der Waals surface area (Å²) in [6, 6.07) is 1.53. The average Bonchev–Trinajstić information content (AvgIpc) is 3.03. The Morgan fingerprint density at radius 3 is 2.81 bits per heavy atom. The number of amides is 1. The van der Waals surface area contributed by atoms with Crippen molar-refractivity contribution in [3.05, 3.63) is 23.7 Å². The van der Waals surface area contributed by atoms with Crippen molar-refractivity contribution in [3.63, 3.8) is 0 Å². The summed E-state index contributed by atoms with van der Waals surface area (Å²) in [5, 5.41) is 4.11. The van der Waals surface area contributed by atoms with Crippen LogP contribution in [0.3, 0.4) is 0 Å². The summed E-state index contributed by atoms with van der Waals surface area (Å²) in [6.07, 6.45) is 2.31. The molecule has 1 amide bonds. The van der Waals surface area contributed by atoms with Gasteiger partial charge in [-0.15, -0.1) is 0 Å². The van der Waals surface area contributed by atoms with Crippen LogP contribution in [0.5, 0.6) is 0 Å². The maximum absolute atomic E-state index is 13.9. The van der Waals surface area contributed by atoms with E-state index in [1.54, 1.807) is 37.9 Å². The quantitative estimate of drug-likeness (QED) is 0.851. The van der Waals surface area contributed by atoms with E-state index in [4.69, 9.17) is 10.5 Å². The second-order valence-electron chi connectivity index (χ2n) is 5.48. The lowest BCUT2D eigenvalue weighted by molar-refractivity contribution is -0.130. The van der Waals surface area contributed by atoms with E-state index in [-0.39, 0.29) is 12.1 Å². The number of aromatic nitrogens is 2. The molecule has 1 aromatic rings. The molecular weight excluding hydrogens is 275 g/mol. The number of nitrogens with two attached hydrogens (primary N) is 1. The van der Waals surface area contributed by atoms with Gasteiger partial charge in [0.05, 0.1) is 18.7 Å². The van der Waals surface area contributed by atoms with Crippen LogP contribution in [0.15, 0.2) is 23.7 Å². The Balaban J connectivity index is 2.16. The standard InChI is InChI=1S/C14H21FN4O2/c1-9(2)13(15)14(20)19-8-11(21-3)6-10(19)7-18-5-4-12(16)17-18/h4-5,10-11H,6-8H2,1-3H3,(H2,16,17)/t10-,11-/m0/s1. The Bertz CT molecular complexity index is 551. The number of allylic oxidation sites excluding steroid dienone is 1. The van der Waals surface area contributed by atoms with Gasteiger partial charge in [-0.2, -0.15) is 5.10 Å². The minimum Gasteiger partial charge on any atom is -0.382 e. The molecule has 0 aromatic carbocycles. The van der Waals surface area contributed by atoms with Gasteiger partial charge in [-0.1, -0.05) is 0 Å². The van der Waals surface area contributed by atoms with Gasteiger partial charge < -0.3 is 15.4 Å². The summed E-state index contributed by atoms with van der Waals surface area (Å²) in [4.78, 5) is 13.8. The summed E-state index contributed by atoms with van der Waals surface area (Å²) in [6.45, 7) is 4.02. The molecule has 2 heterocycles. The van der Waals surface area contributed by atoms with Crippen molar-refractivity contribution >= 4 is 11.7 Å². The van der Waals surface area contributed by atoms with E-state index < -0.39 is 11.7 Å². The first-order valence-corrected chi connectivity index (χ1v) is 6.88. The highest BCUT2D eigenvalue weighted by atomic mass is 19.1. The number of nitrogens with zero attached hydrogens (tertiary/aromatic N) is 3. The van der Waals surface area contributed by atoms with Crippen molar-refractivity contribution in [2.24, 2.45) is 0 Å². The molecule has 0 unspecified atom stereocenters. The van der Waals surface area contributed by atoms with Gasteiger partial charge in [-0.25, -0.2) is 4.39 Å². The van der Waals surface area contributed by atoms with Crippen LogP contribution in [0, 0.1) is 0 Å². The van der Waals surface area contributed by atoms with Crippen molar-refractivity contribution in [1.82, 2.24) is 14.7 Å². The maximum atomic E-state index is 13.9. The Labute approximate surface area is 123 Å². The van der Waals surface area contributed by atoms with Crippen LogP contribution >= 0.6 is 0 Å². The Kier molecular flexibility index (Phi) is 4.62. The van der Waals surface area contributed by atoms with Gasteiger partial charge in [0, 0.05) is 19.9 Å². The Morgan fingerprint density at radius 1 is 1.57 bits per heavy atom. The van der Waals surface area contributed by atoms with E-state index in [0.29, 0.717) is 30.9 Å². The molecular formula is C14H21FN4O2. The van der Waals surface area contributed by atoms with Crippen molar-refractivity contribution in [2.75, 3.05) is 19.4 Å². The molecule has 1 aliphatic rings. The van der Waals surface area contributed by atoms with Crippen LogP contribution in [0.2, 0.25) is 0 Å². The van der Waals surface area contributed by atoms with Crippen LogP contribution in [0.25, 0.3) is 0 Å². The fourth-order valence-corrected chi connectivity index (χ4v) is 2.50. The first-order chi connectivity index (χ1) is 9.92. The molecule has 21 heavy (non-hydrogen) atoms. The van der Waals surface area contributed by atoms with Gasteiger partial charge in [0.2, 0.25) is 0 Å². The second-order valence-corrected chi connectivity index (χ2v) is 5.48. The summed E-state index contributed by atoms with van der Waals surface area (Å²) in [5.74, 6) is -0.860. The fraction of sp³-hybridized carbons (Fsp3) is 0.571. The first kappa shape index (κ1) is 15.5. The summed E-state index contributed by atoms with van der Waals surface area (Å²) >= 11 is 0. The van der Waals surface area contributed by atoms with Crippen LogP contribution in [0.1, 0.15) is 20.3 Å². The molecule has 0 aliphatic carbocycles. The molecule has 2 N–H and O–H groups in total. The molecule has 1 aromatic heterocycles. The number of hydrogen-bond acceptors (Lipinski definition) is 4. The zero-order valence-electron chi connectivity index (χ0n) is 12.5. The van der Waals surface area contributed by atoms with E-state index in [1.165, 1.54) is 4.90 Å². The minimum atomic E-state index is -0.697. The lowest BCUT2D eigenvalue weighted by atomic mass is 10.2. The van der Waals surface area contributed by atoms with E-state index >= 15 is 0 Å². The Hall–Kier alpha value is -1.89. The van der Waals surface area contributed by atoms with Crippen LogP contribution < -0.4 is 5.73 Å². The highest BCUT2D eigenvalue weighted by molar-refractivity contribution is 5.92. The molecule has 1 fully saturated rings. The number of carbonyl (C=O) groups is 1. The predicted octanol–water partition coefficient (Wildman–Crippen LogP) is 1.34. The van der Waals surface area contributed by atoms with Crippen LogP contribution in [0.4, 0.5) is 10.2 Å². The zero-order chi connectivity index (χ0) is 15.6. The van der Waals surface area contributed by atoms with Crippen molar-refractivity contribution in [3.8, 4) is 0 Å². The van der Waals surface area contributed by atoms with E-state index in [1.807, 2.05) is 0 Å². The number of rotatable bonds is 4. The van der Waals surface area contributed by atoms with Gasteiger partial charge >= 0.3 is 0 Å². The predicted molar refractivity (Wildman–Crippen MR) is 77.0 cm³/mol. The number of anilines is 1. The number of carbonyl (C=O) groups excluding carboxylic acids is 1. The molecule has 1 saturated heterocycles. The molecule has 116 valence electrons. The third-order valence-corrected chi connectivity index (χ3v) is 3.66. The van der Waals surface area contributed by atoms with E-state index in [9.17, 15) is 9.18 Å². The number of ether oxygens (including phenoxy) is 1. The van der Waals surface area contributed by atoms with Gasteiger partial charge in [-0.05, 0) is 31.9 Å². The fourth-order valence-electron chi connectivity index (χ4n) is 2.50. The molecule has 0 radical (unpaired) electrons. The number of hydrogen-bond donors (Lipinski definition) is 1.